The lowest BCUT2D eigenvalue weighted by molar-refractivity contribution is 0.779. The van der Waals surface area contributed by atoms with Gasteiger partial charge in [-0.1, -0.05) is 11.3 Å². The number of aryl methyl sites for hydroxylation is 2. The van der Waals surface area contributed by atoms with Crippen molar-refractivity contribution >= 4 is 11.3 Å². The lowest BCUT2D eigenvalue weighted by Crippen LogP contribution is -2.09. The molecule has 0 atom stereocenters. The van der Waals surface area contributed by atoms with Crippen molar-refractivity contribution < 1.29 is 0 Å². The van der Waals surface area contributed by atoms with Gasteiger partial charge in [-0.25, -0.2) is 0 Å². The van der Waals surface area contributed by atoms with Crippen LogP contribution in [0.4, 0.5) is 0 Å². The Hall–Kier alpha value is -1.40. The summed E-state index contributed by atoms with van der Waals surface area (Å²) in [5.41, 5.74) is 2.83. The first-order chi connectivity index (χ1) is 8.20. The molecule has 0 radical (unpaired) electrons. The summed E-state index contributed by atoms with van der Waals surface area (Å²) in [4.78, 5) is 0. The van der Waals surface area contributed by atoms with Crippen LogP contribution in [0, 0.1) is 13.8 Å². The second-order valence-electron chi connectivity index (χ2n) is 3.84. The van der Waals surface area contributed by atoms with Gasteiger partial charge < -0.3 is 5.32 Å². The van der Waals surface area contributed by atoms with Crippen LogP contribution in [0.3, 0.4) is 0 Å². The number of hydrogen-bond acceptors (Lipinski definition) is 6. The van der Waals surface area contributed by atoms with Gasteiger partial charge in [0, 0.05) is 18.5 Å². The highest BCUT2D eigenvalue weighted by atomic mass is 32.1. The van der Waals surface area contributed by atoms with Crippen LogP contribution < -0.4 is 5.32 Å². The largest absolute Gasteiger partial charge is 0.319 e. The van der Waals surface area contributed by atoms with Crippen LogP contribution in [0.25, 0.3) is 10.6 Å². The minimum absolute atomic E-state index is 0.895. The third-order valence-electron chi connectivity index (χ3n) is 2.39. The molecule has 2 rings (SSSR count). The zero-order valence-corrected chi connectivity index (χ0v) is 11.0. The summed E-state index contributed by atoms with van der Waals surface area (Å²) in [7, 11) is 1.93. The maximum atomic E-state index is 4.21. The maximum Gasteiger partial charge on any atom is 0.149 e. The predicted octanol–water partition coefficient (Wildman–Crippen LogP) is 1.37. The topological polar surface area (TPSA) is 63.6 Å². The standard InChI is InChI=1S/C11H15N5S/c1-7-6-9(8(2)14-13-7)11-16-15-10(17-11)4-5-12-3/h6,12H,4-5H2,1-3H3. The number of nitrogens with zero attached hydrogens (tertiary/aromatic N) is 4. The molecule has 2 heterocycles. The van der Waals surface area contributed by atoms with Crippen molar-refractivity contribution in [2.45, 2.75) is 20.3 Å². The number of aromatic nitrogens is 4. The van der Waals surface area contributed by atoms with Crippen LogP contribution in [-0.4, -0.2) is 34.0 Å². The van der Waals surface area contributed by atoms with E-state index in [2.05, 4.69) is 25.7 Å². The fourth-order valence-corrected chi connectivity index (χ4v) is 2.37. The van der Waals surface area contributed by atoms with Gasteiger partial charge in [0.25, 0.3) is 0 Å². The fourth-order valence-electron chi connectivity index (χ4n) is 1.46. The first kappa shape index (κ1) is 12.1. The Morgan fingerprint density at radius 1 is 1.18 bits per heavy atom. The molecule has 90 valence electrons. The quantitative estimate of drug-likeness (QED) is 0.886. The van der Waals surface area contributed by atoms with Gasteiger partial charge in [-0.15, -0.1) is 10.2 Å². The van der Waals surface area contributed by atoms with Gasteiger partial charge >= 0.3 is 0 Å². The minimum atomic E-state index is 0.895. The van der Waals surface area contributed by atoms with E-state index in [1.807, 2.05) is 27.0 Å². The van der Waals surface area contributed by atoms with Gasteiger partial charge in [0.2, 0.25) is 0 Å². The summed E-state index contributed by atoms with van der Waals surface area (Å²) in [6.07, 6.45) is 0.907. The summed E-state index contributed by atoms with van der Waals surface area (Å²) >= 11 is 1.62. The number of likely N-dealkylation sites (N-methyl/N-ethyl adjacent to an activating group) is 1. The smallest absolute Gasteiger partial charge is 0.149 e. The average Bonchev–Trinajstić information content (AvgIpc) is 2.78. The Morgan fingerprint density at radius 3 is 2.76 bits per heavy atom. The van der Waals surface area contributed by atoms with E-state index in [1.165, 1.54) is 0 Å². The first-order valence-electron chi connectivity index (χ1n) is 5.49. The van der Waals surface area contributed by atoms with Crippen LogP contribution in [0.2, 0.25) is 0 Å². The highest BCUT2D eigenvalue weighted by Crippen LogP contribution is 2.25. The van der Waals surface area contributed by atoms with Crippen LogP contribution >= 0.6 is 11.3 Å². The van der Waals surface area contributed by atoms with E-state index < -0.39 is 0 Å². The number of nitrogens with one attached hydrogen (secondary N) is 1. The zero-order valence-electron chi connectivity index (χ0n) is 10.2. The summed E-state index contributed by atoms with van der Waals surface area (Å²) in [5.74, 6) is 0. The Morgan fingerprint density at radius 2 is 2.00 bits per heavy atom. The fraction of sp³-hybridized carbons (Fsp3) is 0.455. The molecule has 0 aliphatic carbocycles. The lowest BCUT2D eigenvalue weighted by Gasteiger charge is -2.00. The van der Waals surface area contributed by atoms with Gasteiger partial charge in [0.05, 0.1) is 11.4 Å². The van der Waals surface area contributed by atoms with Crippen molar-refractivity contribution in [3.05, 3.63) is 22.5 Å². The summed E-state index contributed by atoms with van der Waals surface area (Å²) in [6.45, 7) is 4.79. The molecular formula is C11H15N5S. The molecule has 1 N–H and O–H groups in total. The molecule has 0 fully saturated rings. The zero-order chi connectivity index (χ0) is 12.3. The lowest BCUT2D eigenvalue weighted by atomic mass is 10.2. The van der Waals surface area contributed by atoms with Gasteiger partial charge in [-0.2, -0.15) is 10.2 Å². The maximum absolute atomic E-state index is 4.21. The van der Waals surface area contributed by atoms with Crippen molar-refractivity contribution in [3.63, 3.8) is 0 Å². The van der Waals surface area contributed by atoms with Crippen molar-refractivity contribution in [2.75, 3.05) is 13.6 Å². The van der Waals surface area contributed by atoms with Crippen molar-refractivity contribution in [3.8, 4) is 10.6 Å². The molecule has 2 aromatic heterocycles. The molecule has 0 aromatic carbocycles. The minimum Gasteiger partial charge on any atom is -0.319 e. The van der Waals surface area contributed by atoms with Crippen molar-refractivity contribution in [2.24, 2.45) is 0 Å². The predicted molar refractivity (Wildman–Crippen MR) is 68.0 cm³/mol. The van der Waals surface area contributed by atoms with E-state index in [0.29, 0.717) is 0 Å². The van der Waals surface area contributed by atoms with Crippen LogP contribution in [0.1, 0.15) is 16.4 Å². The molecule has 0 unspecified atom stereocenters. The molecule has 0 saturated carbocycles. The molecule has 0 saturated heterocycles. The van der Waals surface area contributed by atoms with Crippen LogP contribution in [-0.2, 0) is 6.42 Å². The molecule has 0 aliphatic rings. The van der Waals surface area contributed by atoms with E-state index >= 15 is 0 Å². The molecule has 6 heteroatoms. The Bertz CT molecular complexity index is 508. The molecule has 0 spiro atoms. The molecule has 0 bridgehead atoms. The molecular weight excluding hydrogens is 234 g/mol. The van der Waals surface area contributed by atoms with E-state index in [4.69, 9.17) is 0 Å². The monoisotopic (exact) mass is 249 g/mol. The third-order valence-corrected chi connectivity index (χ3v) is 3.40. The van der Waals surface area contributed by atoms with Gasteiger partial charge in [0.1, 0.15) is 10.0 Å². The van der Waals surface area contributed by atoms with Gasteiger partial charge in [0.15, 0.2) is 0 Å². The van der Waals surface area contributed by atoms with Crippen molar-refractivity contribution in [1.82, 2.24) is 25.7 Å². The van der Waals surface area contributed by atoms with Crippen molar-refractivity contribution in [1.29, 1.82) is 0 Å². The highest BCUT2D eigenvalue weighted by molar-refractivity contribution is 7.14. The molecule has 5 nitrogen and oxygen atoms in total. The Balaban J connectivity index is 2.27. The van der Waals surface area contributed by atoms with E-state index in [1.54, 1.807) is 11.3 Å². The first-order valence-corrected chi connectivity index (χ1v) is 6.30. The van der Waals surface area contributed by atoms with Crippen LogP contribution in [0.5, 0.6) is 0 Å². The third kappa shape index (κ3) is 2.83. The SMILES string of the molecule is CNCCc1nnc(-c2cc(C)nnc2C)s1. The molecule has 0 amide bonds. The van der Waals surface area contributed by atoms with Gasteiger partial charge in [-0.05, 0) is 27.0 Å². The van der Waals surface area contributed by atoms with E-state index in [-0.39, 0.29) is 0 Å². The summed E-state index contributed by atoms with van der Waals surface area (Å²) < 4.78 is 0. The van der Waals surface area contributed by atoms with E-state index in [0.717, 1.165) is 39.9 Å². The summed E-state index contributed by atoms with van der Waals surface area (Å²) in [5, 5.41) is 21.6. The highest BCUT2D eigenvalue weighted by Gasteiger charge is 2.10. The second-order valence-corrected chi connectivity index (χ2v) is 4.90. The van der Waals surface area contributed by atoms with Gasteiger partial charge in [-0.3, -0.25) is 0 Å². The summed E-state index contributed by atoms with van der Waals surface area (Å²) in [6, 6.07) is 2.00. The number of hydrogen-bond donors (Lipinski definition) is 1. The number of rotatable bonds is 4. The second kappa shape index (κ2) is 5.29. The van der Waals surface area contributed by atoms with Crippen LogP contribution in [0.15, 0.2) is 6.07 Å². The Labute approximate surface area is 104 Å². The Kier molecular flexibility index (Phi) is 3.75. The molecule has 0 aliphatic heterocycles. The normalized spacial score (nSPS) is 10.8. The molecule has 2 aromatic rings. The van der Waals surface area contributed by atoms with E-state index in [9.17, 15) is 0 Å². The average molecular weight is 249 g/mol. The molecule has 17 heavy (non-hydrogen) atoms.